The molecule has 0 saturated carbocycles. The third kappa shape index (κ3) is 7.26. The summed E-state index contributed by atoms with van der Waals surface area (Å²) in [6.07, 6.45) is -3.39. The van der Waals surface area contributed by atoms with E-state index in [0.717, 1.165) is 25.5 Å². The molecule has 3 rings (SSSR count). The number of aliphatic imine (C=N–C) groups is 1. The molecule has 30 heavy (non-hydrogen) atoms. The average Bonchev–Trinajstić information content (AvgIpc) is 3.11. The second-order valence-electron chi connectivity index (χ2n) is 7.86. The zero-order valence-electron chi connectivity index (χ0n) is 17.6. The number of nitrogens with one attached hydrogen (secondary N) is 1. The Hall–Kier alpha value is -1.07. The first-order valence-electron chi connectivity index (χ1n) is 10.3. The summed E-state index contributed by atoms with van der Waals surface area (Å²) in [5, 5.41) is 3.34. The van der Waals surface area contributed by atoms with Gasteiger partial charge in [0.2, 0.25) is 0 Å². The number of benzene rings is 1. The van der Waals surface area contributed by atoms with Gasteiger partial charge < -0.3 is 15.0 Å². The van der Waals surface area contributed by atoms with E-state index >= 15 is 0 Å². The van der Waals surface area contributed by atoms with Gasteiger partial charge in [0.15, 0.2) is 5.96 Å². The molecule has 0 radical (unpaired) electrons. The van der Waals surface area contributed by atoms with E-state index in [9.17, 15) is 13.2 Å². The SMILES string of the molecule is CCNC(=NCC1CCN(CC(F)(F)F)C1)N1CCOC(c2ccccc2C)C1.I. The third-order valence-corrected chi connectivity index (χ3v) is 5.51. The quantitative estimate of drug-likeness (QED) is 0.350. The van der Waals surface area contributed by atoms with Gasteiger partial charge in [0.25, 0.3) is 0 Å². The van der Waals surface area contributed by atoms with Crippen molar-refractivity contribution in [1.29, 1.82) is 0 Å². The number of rotatable bonds is 5. The van der Waals surface area contributed by atoms with Crippen LogP contribution in [0, 0.1) is 12.8 Å². The summed E-state index contributed by atoms with van der Waals surface area (Å²) in [7, 11) is 0. The molecule has 2 unspecified atom stereocenters. The molecule has 1 aromatic carbocycles. The largest absolute Gasteiger partial charge is 0.401 e. The molecule has 0 bridgehead atoms. The van der Waals surface area contributed by atoms with Crippen molar-refractivity contribution >= 4 is 29.9 Å². The van der Waals surface area contributed by atoms with E-state index in [4.69, 9.17) is 9.73 Å². The van der Waals surface area contributed by atoms with Gasteiger partial charge in [-0.25, -0.2) is 0 Å². The van der Waals surface area contributed by atoms with Crippen LogP contribution in [-0.2, 0) is 4.74 Å². The number of guanidine groups is 1. The van der Waals surface area contributed by atoms with Gasteiger partial charge in [-0.3, -0.25) is 9.89 Å². The minimum Gasteiger partial charge on any atom is -0.370 e. The Bertz CT molecular complexity index is 701. The minimum absolute atomic E-state index is 0. The first-order chi connectivity index (χ1) is 13.9. The fraction of sp³-hybridized carbons (Fsp3) is 0.667. The number of morpholine rings is 1. The highest BCUT2D eigenvalue weighted by molar-refractivity contribution is 14.0. The van der Waals surface area contributed by atoms with Gasteiger partial charge in [-0.1, -0.05) is 24.3 Å². The number of likely N-dealkylation sites (tertiary alicyclic amines) is 1. The lowest BCUT2D eigenvalue weighted by molar-refractivity contribution is -0.143. The maximum absolute atomic E-state index is 12.6. The molecule has 0 aromatic heterocycles. The van der Waals surface area contributed by atoms with Gasteiger partial charge in [0, 0.05) is 26.2 Å². The lowest BCUT2D eigenvalue weighted by atomic mass is 10.0. The molecule has 2 fully saturated rings. The predicted octanol–water partition coefficient (Wildman–Crippen LogP) is 3.84. The van der Waals surface area contributed by atoms with Crippen LogP contribution in [0.25, 0.3) is 0 Å². The number of alkyl halides is 3. The molecule has 9 heteroatoms. The third-order valence-electron chi connectivity index (χ3n) is 5.51. The highest BCUT2D eigenvalue weighted by Gasteiger charge is 2.34. The molecule has 1 N–H and O–H groups in total. The van der Waals surface area contributed by atoms with E-state index in [1.54, 1.807) is 0 Å². The number of halogens is 4. The zero-order chi connectivity index (χ0) is 20.9. The Morgan fingerprint density at radius 3 is 2.70 bits per heavy atom. The van der Waals surface area contributed by atoms with Gasteiger partial charge >= 0.3 is 6.18 Å². The van der Waals surface area contributed by atoms with Crippen molar-refractivity contribution in [2.24, 2.45) is 10.9 Å². The molecule has 0 spiro atoms. The molecule has 2 aliphatic rings. The van der Waals surface area contributed by atoms with Crippen LogP contribution in [-0.4, -0.2) is 74.4 Å². The van der Waals surface area contributed by atoms with Crippen molar-refractivity contribution in [2.75, 3.05) is 52.4 Å². The summed E-state index contributed by atoms with van der Waals surface area (Å²) in [5.74, 6) is 0.989. The van der Waals surface area contributed by atoms with E-state index in [0.29, 0.717) is 32.8 Å². The molecule has 5 nitrogen and oxygen atoms in total. The van der Waals surface area contributed by atoms with Crippen LogP contribution in [0.4, 0.5) is 13.2 Å². The van der Waals surface area contributed by atoms with Crippen LogP contribution in [0.2, 0.25) is 0 Å². The number of hydrogen-bond donors (Lipinski definition) is 1. The van der Waals surface area contributed by atoms with Gasteiger partial charge in [0.1, 0.15) is 6.10 Å². The van der Waals surface area contributed by atoms with Crippen LogP contribution in [0.1, 0.15) is 30.6 Å². The lowest BCUT2D eigenvalue weighted by Crippen LogP contribution is -2.48. The molecule has 1 aromatic rings. The second kappa shape index (κ2) is 11.5. The maximum Gasteiger partial charge on any atom is 0.401 e. The normalized spacial score (nSPS) is 23.4. The van der Waals surface area contributed by atoms with E-state index in [1.165, 1.54) is 16.0 Å². The molecule has 2 aliphatic heterocycles. The second-order valence-corrected chi connectivity index (χ2v) is 7.86. The average molecular weight is 540 g/mol. The molecule has 170 valence electrons. The van der Waals surface area contributed by atoms with Crippen LogP contribution < -0.4 is 5.32 Å². The summed E-state index contributed by atoms with van der Waals surface area (Å²) in [6.45, 7) is 7.60. The van der Waals surface area contributed by atoms with Gasteiger partial charge in [-0.2, -0.15) is 13.2 Å². The predicted molar refractivity (Wildman–Crippen MR) is 123 cm³/mol. The summed E-state index contributed by atoms with van der Waals surface area (Å²) in [4.78, 5) is 8.45. The molecule has 0 aliphatic carbocycles. The Labute approximate surface area is 194 Å². The van der Waals surface area contributed by atoms with Crippen molar-refractivity contribution in [2.45, 2.75) is 32.5 Å². The summed E-state index contributed by atoms with van der Waals surface area (Å²) in [6, 6.07) is 8.23. The number of nitrogens with zero attached hydrogens (tertiary/aromatic N) is 3. The molecule has 0 amide bonds. The van der Waals surface area contributed by atoms with Crippen LogP contribution in [0.5, 0.6) is 0 Å². The Morgan fingerprint density at radius 2 is 2.00 bits per heavy atom. The maximum atomic E-state index is 12.6. The van der Waals surface area contributed by atoms with E-state index < -0.39 is 12.7 Å². The summed E-state index contributed by atoms with van der Waals surface area (Å²) < 4.78 is 43.8. The Kier molecular flexibility index (Phi) is 9.67. The van der Waals surface area contributed by atoms with Gasteiger partial charge in [-0.05, 0) is 43.9 Å². The lowest BCUT2D eigenvalue weighted by Gasteiger charge is -2.36. The number of hydrogen-bond acceptors (Lipinski definition) is 3. The highest BCUT2D eigenvalue weighted by Crippen LogP contribution is 2.26. The van der Waals surface area contributed by atoms with Crippen molar-refractivity contribution < 1.29 is 17.9 Å². The fourth-order valence-electron chi connectivity index (χ4n) is 4.08. The highest BCUT2D eigenvalue weighted by atomic mass is 127. The monoisotopic (exact) mass is 540 g/mol. The Balaban J connectivity index is 0.00000320. The summed E-state index contributed by atoms with van der Waals surface area (Å²) in [5.41, 5.74) is 2.39. The topological polar surface area (TPSA) is 40.1 Å². The molecular weight excluding hydrogens is 508 g/mol. The van der Waals surface area contributed by atoms with Crippen molar-refractivity contribution in [3.05, 3.63) is 35.4 Å². The minimum atomic E-state index is -4.13. The molecule has 2 saturated heterocycles. The van der Waals surface area contributed by atoms with E-state index in [2.05, 4.69) is 29.3 Å². The Morgan fingerprint density at radius 1 is 1.23 bits per heavy atom. The summed E-state index contributed by atoms with van der Waals surface area (Å²) >= 11 is 0. The first kappa shape index (κ1) is 25.2. The van der Waals surface area contributed by atoms with Gasteiger partial charge in [-0.15, -0.1) is 24.0 Å². The zero-order valence-corrected chi connectivity index (χ0v) is 20.0. The molecular formula is C21H32F3IN4O. The van der Waals surface area contributed by atoms with E-state index in [1.807, 2.05) is 19.1 Å². The van der Waals surface area contributed by atoms with Crippen LogP contribution in [0.15, 0.2) is 29.3 Å². The van der Waals surface area contributed by atoms with Crippen molar-refractivity contribution in [3.8, 4) is 0 Å². The smallest absolute Gasteiger partial charge is 0.370 e. The standard InChI is InChI=1S/C21H31F3N4O.HI/c1-3-25-20(26-12-17-8-9-27(13-17)15-21(22,23)24)28-10-11-29-19(14-28)18-7-5-4-6-16(18)2;/h4-7,17,19H,3,8-15H2,1-2H3,(H,25,26);1H. The number of ether oxygens (including phenoxy) is 1. The van der Waals surface area contributed by atoms with Crippen molar-refractivity contribution in [3.63, 3.8) is 0 Å². The molecule has 2 heterocycles. The van der Waals surface area contributed by atoms with Crippen molar-refractivity contribution in [1.82, 2.24) is 15.1 Å². The fourth-order valence-corrected chi connectivity index (χ4v) is 4.08. The number of aryl methyl sites for hydroxylation is 1. The van der Waals surface area contributed by atoms with Crippen LogP contribution >= 0.6 is 24.0 Å². The van der Waals surface area contributed by atoms with Crippen LogP contribution in [0.3, 0.4) is 0 Å². The van der Waals surface area contributed by atoms with E-state index in [-0.39, 0.29) is 36.0 Å². The molecule has 2 atom stereocenters. The van der Waals surface area contributed by atoms with Gasteiger partial charge in [0.05, 0.1) is 19.7 Å². The first-order valence-corrected chi connectivity index (χ1v) is 10.3.